The van der Waals surface area contributed by atoms with Crippen LogP contribution in [0.25, 0.3) is 0 Å². The average Bonchev–Trinajstić information content (AvgIpc) is 2.58. The van der Waals surface area contributed by atoms with Gasteiger partial charge in [-0.2, -0.15) is 0 Å². The Morgan fingerprint density at radius 1 is 0.720 bits per heavy atom. The van der Waals surface area contributed by atoms with Crippen LogP contribution in [-0.4, -0.2) is 23.3 Å². The third kappa shape index (κ3) is 15.6. The van der Waals surface area contributed by atoms with Crippen LogP contribution in [0.1, 0.15) is 124 Å². The molecular weight excluding hydrogens is 312 g/mol. The first kappa shape index (κ1) is 24.6. The zero-order chi connectivity index (χ0) is 18.8. The smallest absolute Gasteiger partial charge is 0.164 e. The number of rotatable bonds is 19. The highest BCUT2D eigenvalue weighted by atomic mass is 16.6. The van der Waals surface area contributed by atoms with E-state index in [4.69, 9.17) is 9.84 Å². The van der Waals surface area contributed by atoms with Crippen molar-refractivity contribution in [1.29, 1.82) is 0 Å². The zero-order valence-corrected chi connectivity index (χ0v) is 17.3. The molecular formula is C22H44O3. The molecule has 25 heavy (non-hydrogen) atoms. The number of ether oxygens (including phenoxy) is 1. The molecule has 150 valence electrons. The highest BCUT2D eigenvalue weighted by Gasteiger charge is 2.27. The van der Waals surface area contributed by atoms with Gasteiger partial charge in [-0.3, -0.25) is 4.79 Å². The van der Waals surface area contributed by atoms with Gasteiger partial charge in [0.1, 0.15) is 12.4 Å². The SMILES string of the molecule is CCCCCCCCCCCCCCCCCC(=O)C(C)(C)OCO. The molecule has 0 aliphatic rings. The molecule has 0 saturated heterocycles. The third-order valence-corrected chi connectivity index (χ3v) is 5.10. The second-order valence-electron chi connectivity index (χ2n) is 7.91. The van der Waals surface area contributed by atoms with Crippen LogP contribution < -0.4 is 0 Å². The van der Waals surface area contributed by atoms with Crippen LogP contribution in [0.4, 0.5) is 0 Å². The Balaban J connectivity index is 3.25. The van der Waals surface area contributed by atoms with Crippen molar-refractivity contribution in [3.8, 4) is 0 Å². The fourth-order valence-electron chi connectivity index (χ4n) is 3.20. The van der Waals surface area contributed by atoms with Gasteiger partial charge in [0.15, 0.2) is 5.78 Å². The largest absolute Gasteiger partial charge is 0.371 e. The van der Waals surface area contributed by atoms with Gasteiger partial charge in [-0.25, -0.2) is 0 Å². The van der Waals surface area contributed by atoms with E-state index in [1.165, 1.54) is 83.5 Å². The maximum atomic E-state index is 12.0. The van der Waals surface area contributed by atoms with E-state index < -0.39 is 12.4 Å². The summed E-state index contributed by atoms with van der Waals surface area (Å²) in [6.45, 7) is 5.35. The minimum Gasteiger partial charge on any atom is -0.371 e. The summed E-state index contributed by atoms with van der Waals surface area (Å²) in [4.78, 5) is 12.0. The molecule has 0 bridgehead atoms. The van der Waals surface area contributed by atoms with Crippen LogP contribution in [0.5, 0.6) is 0 Å². The van der Waals surface area contributed by atoms with E-state index in [0.717, 1.165) is 12.8 Å². The minimum atomic E-state index is -0.843. The van der Waals surface area contributed by atoms with Gasteiger partial charge < -0.3 is 9.84 Å². The molecule has 3 nitrogen and oxygen atoms in total. The van der Waals surface area contributed by atoms with Gasteiger partial charge in [0, 0.05) is 6.42 Å². The summed E-state index contributed by atoms with van der Waals surface area (Å²) in [7, 11) is 0. The average molecular weight is 357 g/mol. The molecule has 0 aromatic heterocycles. The summed E-state index contributed by atoms with van der Waals surface area (Å²) in [6, 6.07) is 0. The lowest BCUT2D eigenvalue weighted by atomic mass is 9.97. The van der Waals surface area contributed by atoms with Crippen molar-refractivity contribution < 1.29 is 14.6 Å². The molecule has 0 aliphatic carbocycles. The molecule has 0 aromatic rings. The van der Waals surface area contributed by atoms with Crippen LogP contribution in [-0.2, 0) is 9.53 Å². The van der Waals surface area contributed by atoms with E-state index in [1.54, 1.807) is 13.8 Å². The molecule has 0 spiro atoms. The van der Waals surface area contributed by atoms with Crippen LogP contribution in [0, 0.1) is 0 Å². The van der Waals surface area contributed by atoms with Crippen LogP contribution in [0.15, 0.2) is 0 Å². The number of carbonyl (C=O) groups excluding carboxylic acids is 1. The van der Waals surface area contributed by atoms with Crippen molar-refractivity contribution in [2.45, 2.75) is 129 Å². The first-order chi connectivity index (χ1) is 12.0. The topological polar surface area (TPSA) is 46.5 Å². The van der Waals surface area contributed by atoms with Crippen molar-refractivity contribution in [3.05, 3.63) is 0 Å². The maximum absolute atomic E-state index is 12.0. The fraction of sp³-hybridized carbons (Fsp3) is 0.955. The summed E-state index contributed by atoms with van der Waals surface area (Å²) in [6.07, 6.45) is 20.5. The number of ketones is 1. The highest BCUT2D eigenvalue weighted by molar-refractivity contribution is 5.86. The Labute approximate surface area is 156 Å². The lowest BCUT2D eigenvalue weighted by molar-refractivity contribution is -0.152. The number of aliphatic hydroxyl groups excluding tert-OH is 1. The summed E-state index contributed by atoms with van der Waals surface area (Å²) < 4.78 is 5.07. The van der Waals surface area contributed by atoms with Crippen LogP contribution in [0.3, 0.4) is 0 Å². The summed E-state index contributed by atoms with van der Waals surface area (Å²) in [5.41, 5.74) is -0.843. The minimum absolute atomic E-state index is 0.0937. The quantitative estimate of drug-likeness (QED) is 0.210. The van der Waals surface area contributed by atoms with Gasteiger partial charge in [0.05, 0.1) is 0 Å². The Kier molecular flexibility index (Phi) is 16.7. The summed E-state index contributed by atoms with van der Waals surface area (Å²) >= 11 is 0. The van der Waals surface area contributed by atoms with Crippen molar-refractivity contribution in [3.63, 3.8) is 0 Å². The molecule has 0 aromatic carbocycles. The Morgan fingerprint density at radius 3 is 1.44 bits per heavy atom. The summed E-state index contributed by atoms with van der Waals surface area (Å²) in [5, 5.41) is 8.78. The van der Waals surface area contributed by atoms with Gasteiger partial charge in [-0.05, 0) is 20.3 Å². The molecule has 0 unspecified atom stereocenters. The molecule has 0 fully saturated rings. The number of hydrogen-bond acceptors (Lipinski definition) is 3. The number of aliphatic hydroxyl groups is 1. The molecule has 0 radical (unpaired) electrons. The third-order valence-electron chi connectivity index (χ3n) is 5.10. The number of Topliss-reactive ketones (excluding diaryl/α,β-unsaturated/α-hetero) is 1. The van der Waals surface area contributed by atoms with Gasteiger partial charge in [-0.1, -0.05) is 96.8 Å². The standard InChI is InChI=1S/C22H44O3/c1-4-5-6-7-8-9-10-11-12-13-14-15-16-17-18-19-21(24)22(2,3)25-20-23/h23H,4-20H2,1-3H3. The first-order valence-electron chi connectivity index (χ1n) is 10.8. The molecule has 0 atom stereocenters. The normalized spacial score (nSPS) is 11.8. The van der Waals surface area contributed by atoms with Gasteiger partial charge in [-0.15, -0.1) is 0 Å². The summed E-state index contributed by atoms with van der Waals surface area (Å²) in [5.74, 6) is 0.0937. The van der Waals surface area contributed by atoms with E-state index in [1.807, 2.05) is 0 Å². The molecule has 0 heterocycles. The second-order valence-corrected chi connectivity index (χ2v) is 7.91. The molecule has 1 N–H and O–H groups in total. The number of hydrogen-bond donors (Lipinski definition) is 1. The van der Waals surface area contributed by atoms with Gasteiger partial charge in [0.2, 0.25) is 0 Å². The van der Waals surface area contributed by atoms with Crippen molar-refractivity contribution in [1.82, 2.24) is 0 Å². The Morgan fingerprint density at radius 2 is 1.08 bits per heavy atom. The van der Waals surface area contributed by atoms with Crippen LogP contribution >= 0.6 is 0 Å². The number of carbonyl (C=O) groups is 1. The predicted octanol–water partition coefficient (Wildman–Crippen LogP) is 6.56. The van der Waals surface area contributed by atoms with E-state index >= 15 is 0 Å². The zero-order valence-electron chi connectivity index (χ0n) is 17.3. The maximum Gasteiger partial charge on any atom is 0.164 e. The fourth-order valence-corrected chi connectivity index (χ4v) is 3.20. The van der Waals surface area contributed by atoms with Crippen molar-refractivity contribution in [2.24, 2.45) is 0 Å². The lowest BCUT2D eigenvalue weighted by Crippen LogP contribution is -2.35. The van der Waals surface area contributed by atoms with E-state index in [0.29, 0.717) is 6.42 Å². The van der Waals surface area contributed by atoms with E-state index in [2.05, 4.69) is 6.92 Å². The monoisotopic (exact) mass is 356 g/mol. The lowest BCUT2D eigenvalue weighted by Gasteiger charge is -2.22. The second kappa shape index (κ2) is 17.0. The highest BCUT2D eigenvalue weighted by Crippen LogP contribution is 2.17. The number of unbranched alkanes of at least 4 members (excludes halogenated alkanes) is 14. The van der Waals surface area contributed by atoms with Gasteiger partial charge >= 0.3 is 0 Å². The van der Waals surface area contributed by atoms with Crippen molar-refractivity contribution in [2.75, 3.05) is 6.79 Å². The molecule has 0 rings (SSSR count). The molecule has 0 saturated carbocycles. The first-order valence-corrected chi connectivity index (χ1v) is 10.8. The molecule has 3 heteroatoms. The van der Waals surface area contributed by atoms with Crippen LogP contribution in [0.2, 0.25) is 0 Å². The predicted molar refractivity (Wildman–Crippen MR) is 107 cm³/mol. The van der Waals surface area contributed by atoms with E-state index in [9.17, 15) is 4.79 Å². The van der Waals surface area contributed by atoms with Crippen molar-refractivity contribution >= 4 is 5.78 Å². The molecule has 0 aliphatic heterocycles. The molecule has 0 amide bonds. The van der Waals surface area contributed by atoms with E-state index in [-0.39, 0.29) is 5.78 Å². The Hall–Kier alpha value is -0.410. The van der Waals surface area contributed by atoms with Gasteiger partial charge in [0.25, 0.3) is 0 Å². The Bertz CT molecular complexity index is 300.